The second kappa shape index (κ2) is 8.23. The van der Waals surface area contributed by atoms with Gasteiger partial charge in [-0.2, -0.15) is 0 Å². The Labute approximate surface area is 131 Å². The molecule has 0 spiro atoms. The summed E-state index contributed by atoms with van der Waals surface area (Å²) in [5, 5.41) is 8.75. The van der Waals surface area contributed by atoms with E-state index in [2.05, 4.69) is 36.4 Å². The van der Waals surface area contributed by atoms with Gasteiger partial charge >= 0.3 is 5.97 Å². The average molecular weight is 298 g/mol. The van der Waals surface area contributed by atoms with Crippen molar-refractivity contribution >= 4 is 5.97 Å². The molecule has 0 amide bonds. The van der Waals surface area contributed by atoms with Crippen LogP contribution in [0.1, 0.15) is 29.5 Å². The molecule has 1 N–H and O–H groups in total. The van der Waals surface area contributed by atoms with Gasteiger partial charge in [-0.05, 0) is 48.4 Å². The molecule has 0 unspecified atom stereocenters. The van der Waals surface area contributed by atoms with E-state index in [1.54, 1.807) is 7.11 Å². The largest absolute Gasteiger partial charge is 0.496 e. The third-order valence-corrected chi connectivity index (χ3v) is 3.73. The first-order valence-electron chi connectivity index (χ1n) is 7.60. The summed E-state index contributed by atoms with van der Waals surface area (Å²) in [7, 11) is 1.65. The van der Waals surface area contributed by atoms with Gasteiger partial charge < -0.3 is 9.84 Å². The number of carboxylic acid groups (broad SMARTS) is 1. The minimum Gasteiger partial charge on any atom is -0.496 e. The molecule has 0 fully saturated rings. The molecule has 0 aromatic heterocycles. The molecule has 0 saturated carbocycles. The number of hydrogen-bond donors (Lipinski definition) is 1. The summed E-state index contributed by atoms with van der Waals surface area (Å²) in [5.74, 6) is 0.0908. The van der Waals surface area contributed by atoms with Crippen LogP contribution in [0, 0.1) is 0 Å². The molecule has 2 aromatic carbocycles. The van der Waals surface area contributed by atoms with Gasteiger partial charge in [0.2, 0.25) is 0 Å². The molecule has 0 saturated heterocycles. The van der Waals surface area contributed by atoms with Gasteiger partial charge in [0.1, 0.15) is 5.75 Å². The summed E-state index contributed by atoms with van der Waals surface area (Å²) in [5.41, 5.74) is 3.68. The van der Waals surface area contributed by atoms with Crippen LogP contribution in [-0.2, 0) is 24.1 Å². The third-order valence-electron chi connectivity index (χ3n) is 3.73. The first-order chi connectivity index (χ1) is 10.7. The van der Waals surface area contributed by atoms with Gasteiger partial charge in [0.15, 0.2) is 0 Å². The molecule has 0 heterocycles. The normalized spacial score (nSPS) is 10.4. The number of carboxylic acids is 1. The molecule has 22 heavy (non-hydrogen) atoms. The van der Waals surface area contributed by atoms with E-state index >= 15 is 0 Å². The Balaban J connectivity index is 2.01. The van der Waals surface area contributed by atoms with Crippen LogP contribution >= 0.6 is 0 Å². The monoisotopic (exact) mass is 298 g/mol. The molecule has 116 valence electrons. The Morgan fingerprint density at radius 2 is 1.73 bits per heavy atom. The topological polar surface area (TPSA) is 46.5 Å². The molecule has 0 aliphatic carbocycles. The number of ether oxygens (including phenoxy) is 1. The summed E-state index contributed by atoms with van der Waals surface area (Å²) in [4.78, 5) is 10.6. The van der Waals surface area contributed by atoms with E-state index in [1.807, 2.05) is 12.1 Å². The van der Waals surface area contributed by atoms with Crippen LogP contribution in [0.15, 0.2) is 48.5 Å². The van der Waals surface area contributed by atoms with Crippen molar-refractivity contribution in [3.05, 3.63) is 65.2 Å². The molecule has 0 bridgehead atoms. The fourth-order valence-corrected chi connectivity index (χ4v) is 2.55. The average Bonchev–Trinajstić information content (AvgIpc) is 2.54. The van der Waals surface area contributed by atoms with Gasteiger partial charge in [0.25, 0.3) is 0 Å². The number of methoxy groups -OCH3 is 1. The van der Waals surface area contributed by atoms with E-state index in [4.69, 9.17) is 9.84 Å². The van der Waals surface area contributed by atoms with Gasteiger partial charge in [-0.25, -0.2) is 0 Å². The maximum atomic E-state index is 10.6. The van der Waals surface area contributed by atoms with Gasteiger partial charge in [-0.15, -0.1) is 0 Å². The first kappa shape index (κ1) is 16.1. The number of rotatable bonds is 8. The smallest absolute Gasteiger partial charge is 0.303 e. The molecule has 0 atom stereocenters. The van der Waals surface area contributed by atoms with Crippen molar-refractivity contribution < 1.29 is 14.6 Å². The quantitative estimate of drug-likeness (QED) is 0.804. The molecule has 0 radical (unpaired) electrons. The van der Waals surface area contributed by atoms with Gasteiger partial charge in [0, 0.05) is 6.42 Å². The van der Waals surface area contributed by atoms with Crippen molar-refractivity contribution in [1.82, 2.24) is 0 Å². The minimum atomic E-state index is -0.751. The van der Waals surface area contributed by atoms with Crippen molar-refractivity contribution in [3.63, 3.8) is 0 Å². The highest BCUT2D eigenvalue weighted by atomic mass is 16.5. The Morgan fingerprint density at radius 3 is 2.41 bits per heavy atom. The summed E-state index contributed by atoms with van der Waals surface area (Å²) < 4.78 is 5.37. The molecular weight excluding hydrogens is 276 g/mol. The van der Waals surface area contributed by atoms with Gasteiger partial charge in [-0.3, -0.25) is 4.79 Å². The highest BCUT2D eigenvalue weighted by Gasteiger charge is 2.06. The summed E-state index contributed by atoms with van der Waals surface area (Å²) >= 11 is 0. The van der Waals surface area contributed by atoms with Gasteiger partial charge in [-0.1, -0.05) is 42.5 Å². The number of hydrogen-bond acceptors (Lipinski definition) is 2. The lowest BCUT2D eigenvalue weighted by atomic mass is 9.99. The predicted octanol–water partition coefficient (Wildman–Crippen LogP) is 3.89. The number of aliphatic carboxylic acids is 1. The molecule has 3 nitrogen and oxygen atoms in total. The fraction of sp³-hybridized carbons (Fsp3) is 0.316. The Hall–Kier alpha value is -2.29. The van der Waals surface area contributed by atoms with E-state index < -0.39 is 5.97 Å². The van der Waals surface area contributed by atoms with Crippen molar-refractivity contribution in [2.24, 2.45) is 0 Å². The lowest BCUT2D eigenvalue weighted by Crippen LogP contribution is -1.99. The number of benzene rings is 2. The Morgan fingerprint density at radius 1 is 1.00 bits per heavy atom. The Bertz CT molecular complexity index is 605. The van der Waals surface area contributed by atoms with E-state index in [9.17, 15) is 4.79 Å². The number of carbonyl (C=O) groups is 1. The molecule has 0 aliphatic heterocycles. The second-order valence-corrected chi connectivity index (χ2v) is 5.38. The highest BCUT2D eigenvalue weighted by molar-refractivity contribution is 5.66. The second-order valence-electron chi connectivity index (χ2n) is 5.38. The van der Waals surface area contributed by atoms with Crippen molar-refractivity contribution in [2.75, 3.05) is 7.11 Å². The van der Waals surface area contributed by atoms with E-state index in [-0.39, 0.29) is 6.42 Å². The molecule has 3 heteroatoms. The standard InChI is InChI=1S/C19H22O3/c1-22-18-13-12-16(11-10-15-6-3-2-4-7-15)14-17(18)8-5-9-19(20)21/h2-4,6-7,12-14H,5,8-11H2,1H3,(H,20,21). The third kappa shape index (κ3) is 4.92. The van der Waals surface area contributed by atoms with Crippen LogP contribution in [0.4, 0.5) is 0 Å². The summed E-state index contributed by atoms with van der Waals surface area (Å²) in [6.07, 6.45) is 3.53. The zero-order valence-corrected chi connectivity index (χ0v) is 12.9. The summed E-state index contributed by atoms with van der Waals surface area (Å²) in [6, 6.07) is 16.6. The van der Waals surface area contributed by atoms with E-state index in [0.717, 1.165) is 30.6 Å². The van der Waals surface area contributed by atoms with Crippen molar-refractivity contribution in [1.29, 1.82) is 0 Å². The van der Waals surface area contributed by atoms with Crippen LogP contribution in [0.5, 0.6) is 5.75 Å². The van der Waals surface area contributed by atoms with Crippen molar-refractivity contribution in [2.45, 2.75) is 32.1 Å². The first-order valence-corrected chi connectivity index (χ1v) is 7.60. The van der Waals surface area contributed by atoms with E-state index in [0.29, 0.717) is 6.42 Å². The van der Waals surface area contributed by atoms with Crippen LogP contribution in [0.2, 0.25) is 0 Å². The number of aryl methyl sites for hydroxylation is 3. The maximum absolute atomic E-state index is 10.6. The van der Waals surface area contributed by atoms with Crippen molar-refractivity contribution in [3.8, 4) is 5.75 Å². The fourth-order valence-electron chi connectivity index (χ4n) is 2.55. The molecule has 2 rings (SSSR count). The summed E-state index contributed by atoms with van der Waals surface area (Å²) in [6.45, 7) is 0. The van der Waals surface area contributed by atoms with Crippen LogP contribution < -0.4 is 4.74 Å². The molecule has 0 aliphatic rings. The van der Waals surface area contributed by atoms with Gasteiger partial charge in [0.05, 0.1) is 7.11 Å². The minimum absolute atomic E-state index is 0.192. The lowest BCUT2D eigenvalue weighted by Gasteiger charge is -2.11. The van der Waals surface area contributed by atoms with Crippen LogP contribution in [0.3, 0.4) is 0 Å². The SMILES string of the molecule is COc1ccc(CCc2ccccc2)cc1CCCC(=O)O. The zero-order chi connectivity index (χ0) is 15.8. The molecular formula is C19H22O3. The molecule has 2 aromatic rings. The lowest BCUT2D eigenvalue weighted by molar-refractivity contribution is -0.137. The van der Waals surface area contributed by atoms with E-state index in [1.165, 1.54) is 11.1 Å². The highest BCUT2D eigenvalue weighted by Crippen LogP contribution is 2.22. The Kier molecular flexibility index (Phi) is 6.01. The van der Waals surface area contributed by atoms with Crippen LogP contribution in [0.25, 0.3) is 0 Å². The van der Waals surface area contributed by atoms with Crippen LogP contribution in [-0.4, -0.2) is 18.2 Å². The zero-order valence-electron chi connectivity index (χ0n) is 12.9. The predicted molar refractivity (Wildman–Crippen MR) is 87.4 cm³/mol. The maximum Gasteiger partial charge on any atom is 0.303 e.